The number of hydrogen-bond donors (Lipinski definition) is 2. The van der Waals surface area contributed by atoms with Crippen LogP contribution in [0.4, 0.5) is 5.69 Å². The molecule has 110 valence electrons. The minimum atomic E-state index is 0.138. The first-order chi connectivity index (χ1) is 9.69. The van der Waals surface area contributed by atoms with Gasteiger partial charge in [-0.15, -0.1) is 0 Å². The number of ether oxygens (including phenoxy) is 1. The Balaban J connectivity index is 2.37. The van der Waals surface area contributed by atoms with E-state index in [9.17, 15) is 0 Å². The summed E-state index contributed by atoms with van der Waals surface area (Å²) in [6.07, 6.45) is 3.64. The molecule has 1 aromatic carbocycles. The van der Waals surface area contributed by atoms with Crippen molar-refractivity contribution < 1.29 is 9.94 Å². The summed E-state index contributed by atoms with van der Waals surface area (Å²) < 4.78 is 5.30. The summed E-state index contributed by atoms with van der Waals surface area (Å²) in [7, 11) is 1.65. The summed E-state index contributed by atoms with van der Waals surface area (Å²) in [4.78, 5) is 2.31. The Bertz CT molecular complexity index is 484. The van der Waals surface area contributed by atoms with Crippen molar-refractivity contribution in [3.63, 3.8) is 0 Å². The number of nitrogens with zero attached hydrogens (tertiary/aromatic N) is 2. The van der Waals surface area contributed by atoms with Gasteiger partial charge in [-0.2, -0.15) is 0 Å². The first-order valence-corrected chi connectivity index (χ1v) is 7.10. The molecule has 1 aromatic rings. The van der Waals surface area contributed by atoms with Gasteiger partial charge in [0.15, 0.2) is 5.84 Å². The molecule has 1 fully saturated rings. The monoisotopic (exact) mass is 277 g/mol. The van der Waals surface area contributed by atoms with Crippen LogP contribution in [-0.2, 0) is 0 Å². The van der Waals surface area contributed by atoms with E-state index in [1.807, 2.05) is 18.2 Å². The van der Waals surface area contributed by atoms with Gasteiger partial charge in [0, 0.05) is 24.7 Å². The van der Waals surface area contributed by atoms with Crippen LogP contribution in [0.2, 0.25) is 0 Å². The van der Waals surface area contributed by atoms with Crippen LogP contribution in [0.1, 0.15) is 31.7 Å². The highest BCUT2D eigenvalue weighted by atomic mass is 16.5. The molecule has 5 heteroatoms. The molecule has 0 radical (unpaired) electrons. The largest absolute Gasteiger partial charge is 0.497 e. The molecule has 0 atom stereocenters. The van der Waals surface area contributed by atoms with E-state index >= 15 is 0 Å². The fraction of sp³-hybridized carbons (Fsp3) is 0.533. The van der Waals surface area contributed by atoms with Gasteiger partial charge in [-0.1, -0.05) is 12.1 Å². The second kappa shape index (κ2) is 6.50. The van der Waals surface area contributed by atoms with E-state index in [-0.39, 0.29) is 5.84 Å². The Hall–Kier alpha value is -1.91. The van der Waals surface area contributed by atoms with Crippen molar-refractivity contribution in [3.05, 3.63) is 23.8 Å². The van der Waals surface area contributed by atoms with E-state index in [1.54, 1.807) is 7.11 Å². The predicted molar refractivity (Wildman–Crippen MR) is 80.7 cm³/mol. The number of amidine groups is 1. The topological polar surface area (TPSA) is 71.1 Å². The van der Waals surface area contributed by atoms with E-state index < -0.39 is 0 Å². The third-order valence-electron chi connectivity index (χ3n) is 3.60. The summed E-state index contributed by atoms with van der Waals surface area (Å²) in [6, 6.07) is 5.64. The minimum Gasteiger partial charge on any atom is -0.497 e. The molecule has 5 nitrogen and oxygen atoms in total. The first-order valence-electron chi connectivity index (χ1n) is 7.10. The van der Waals surface area contributed by atoms with Crippen molar-refractivity contribution >= 4 is 11.5 Å². The Kier molecular flexibility index (Phi) is 4.71. The Morgan fingerprint density at radius 3 is 2.80 bits per heavy atom. The average Bonchev–Trinajstić information content (AvgIpc) is 3.29. The highest BCUT2D eigenvalue weighted by Gasteiger charge is 2.25. The molecular weight excluding hydrogens is 254 g/mol. The van der Waals surface area contributed by atoms with Crippen LogP contribution in [0, 0.1) is 5.92 Å². The molecule has 0 heterocycles. The number of methoxy groups -OCH3 is 1. The van der Waals surface area contributed by atoms with Crippen molar-refractivity contribution in [2.45, 2.75) is 26.2 Å². The summed E-state index contributed by atoms with van der Waals surface area (Å²) in [5.41, 5.74) is 7.53. The van der Waals surface area contributed by atoms with E-state index in [0.29, 0.717) is 0 Å². The van der Waals surface area contributed by atoms with Gasteiger partial charge in [-0.25, -0.2) is 0 Å². The van der Waals surface area contributed by atoms with Crippen LogP contribution in [-0.4, -0.2) is 31.2 Å². The fourth-order valence-corrected chi connectivity index (χ4v) is 2.36. The lowest BCUT2D eigenvalue weighted by atomic mass is 10.1. The zero-order valence-corrected chi connectivity index (χ0v) is 12.2. The molecule has 3 N–H and O–H groups in total. The Labute approximate surface area is 120 Å². The Morgan fingerprint density at radius 1 is 1.50 bits per heavy atom. The third-order valence-corrected chi connectivity index (χ3v) is 3.60. The zero-order valence-electron chi connectivity index (χ0n) is 12.2. The van der Waals surface area contributed by atoms with Gasteiger partial charge < -0.3 is 20.6 Å². The van der Waals surface area contributed by atoms with Crippen molar-refractivity contribution in [2.75, 3.05) is 25.1 Å². The summed E-state index contributed by atoms with van der Waals surface area (Å²) in [6.45, 7) is 4.13. The summed E-state index contributed by atoms with van der Waals surface area (Å²) in [5.74, 6) is 1.69. The van der Waals surface area contributed by atoms with Crippen molar-refractivity contribution in [3.8, 4) is 5.75 Å². The molecule has 0 bridgehead atoms. The maximum absolute atomic E-state index is 8.96. The number of oxime groups is 1. The van der Waals surface area contributed by atoms with Crippen LogP contribution in [0.15, 0.2) is 23.4 Å². The molecule has 0 unspecified atom stereocenters. The molecule has 1 saturated carbocycles. The predicted octanol–water partition coefficient (Wildman–Crippen LogP) is 2.42. The summed E-state index contributed by atoms with van der Waals surface area (Å²) >= 11 is 0. The second-order valence-electron chi connectivity index (χ2n) is 5.26. The highest BCUT2D eigenvalue weighted by molar-refractivity contribution is 6.02. The van der Waals surface area contributed by atoms with E-state index in [0.717, 1.165) is 42.4 Å². The molecule has 0 saturated heterocycles. The molecule has 1 aliphatic rings. The second-order valence-corrected chi connectivity index (χ2v) is 5.26. The Morgan fingerprint density at radius 2 is 2.25 bits per heavy atom. The number of anilines is 1. The number of rotatable bonds is 7. The normalized spacial score (nSPS) is 15.2. The minimum absolute atomic E-state index is 0.138. The molecule has 0 spiro atoms. The summed E-state index contributed by atoms with van der Waals surface area (Å²) in [5, 5.41) is 12.1. The van der Waals surface area contributed by atoms with Crippen LogP contribution < -0.4 is 15.4 Å². The highest BCUT2D eigenvalue weighted by Crippen LogP contribution is 2.34. The molecule has 1 aliphatic carbocycles. The molecule has 2 rings (SSSR count). The van der Waals surface area contributed by atoms with Crippen LogP contribution in [0.5, 0.6) is 5.75 Å². The third kappa shape index (κ3) is 3.35. The van der Waals surface area contributed by atoms with E-state index in [4.69, 9.17) is 15.7 Å². The van der Waals surface area contributed by atoms with Gasteiger partial charge in [-0.05, 0) is 37.3 Å². The quantitative estimate of drug-likeness (QED) is 0.347. The number of nitrogens with two attached hydrogens (primary N) is 1. The lowest BCUT2D eigenvalue weighted by Crippen LogP contribution is -2.29. The van der Waals surface area contributed by atoms with Gasteiger partial charge >= 0.3 is 0 Å². The zero-order chi connectivity index (χ0) is 14.5. The van der Waals surface area contributed by atoms with Crippen LogP contribution in [0.3, 0.4) is 0 Å². The number of hydrogen-bond acceptors (Lipinski definition) is 4. The lowest BCUT2D eigenvalue weighted by Gasteiger charge is -2.27. The molecular formula is C15H23N3O2. The molecule has 20 heavy (non-hydrogen) atoms. The van der Waals surface area contributed by atoms with E-state index in [1.165, 1.54) is 12.8 Å². The smallest absolute Gasteiger partial charge is 0.172 e. The lowest BCUT2D eigenvalue weighted by molar-refractivity contribution is 0.318. The maximum Gasteiger partial charge on any atom is 0.172 e. The average molecular weight is 277 g/mol. The van der Waals surface area contributed by atoms with Gasteiger partial charge in [0.1, 0.15) is 5.75 Å². The van der Waals surface area contributed by atoms with Crippen molar-refractivity contribution in [1.29, 1.82) is 0 Å². The molecule has 0 aliphatic heterocycles. The van der Waals surface area contributed by atoms with Gasteiger partial charge in [0.05, 0.1) is 12.8 Å². The van der Waals surface area contributed by atoms with Gasteiger partial charge in [-0.3, -0.25) is 0 Å². The fourth-order valence-electron chi connectivity index (χ4n) is 2.36. The van der Waals surface area contributed by atoms with E-state index in [2.05, 4.69) is 17.0 Å². The first kappa shape index (κ1) is 14.5. The van der Waals surface area contributed by atoms with Crippen molar-refractivity contribution in [1.82, 2.24) is 0 Å². The SMILES string of the molecule is CCCN(CC1CC1)c1cc(OC)ccc1/C(N)=N/O. The number of benzene rings is 1. The maximum atomic E-state index is 8.96. The standard InChI is InChI=1S/C15H23N3O2/c1-3-8-18(10-11-4-5-11)14-9-12(20-2)6-7-13(14)15(16)17-19/h6-7,9,11,19H,3-5,8,10H2,1-2H3,(H2,16,17). The van der Waals surface area contributed by atoms with Gasteiger partial charge in [0.2, 0.25) is 0 Å². The molecule has 0 aromatic heterocycles. The molecule has 0 amide bonds. The van der Waals surface area contributed by atoms with Crippen LogP contribution in [0.25, 0.3) is 0 Å². The van der Waals surface area contributed by atoms with Crippen LogP contribution >= 0.6 is 0 Å². The van der Waals surface area contributed by atoms with Crippen molar-refractivity contribution in [2.24, 2.45) is 16.8 Å². The van der Waals surface area contributed by atoms with Gasteiger partial charge in [0.25, 0.3) is 0 Å².